The molecule has 5 heteroatoms. The van der Waals surface area contributed by atoms with Gasteiger partial charge in [0.2, 0.25) is 5.91 Å². The van der Waals surface area contributed by atoms with Gasteiger partial charge in [0.1, 0.15) is 4.93 Å². The summed E-state index contributed by atoms with van der Waals surface area (Å²) in [5.41, 5.74) is 6.34. The fourth-order valence-corrected chi connectivity index (χ4v) is 4.69. The predicted molar refractivity (Wildman–Crippen MR) is 91.8 cm³/mol. The third kappa shape index (κ3) is 6.57. The second kappa shape index (κ2) is 7.44. The molecule has 1 unspecified atom stereocenters. The fraction of sp³-hybridized carbons (Fsp3) is 0.714. The number of thiol groups is 1. The summed E-state index contributed by atoms with van der Waals surface area (Å²) in [6.45, 7) is 10.2. The van der Waals surface area contributed by atoms with Gasteiger partial charge in [-0.25, -0.2) is 10.0 Å². The molecular weight excluding hydrogens is 278 g/mol. The monoisotopic (exact) mass is 307 g/mol. The molecule has 3 nitrogen and oxygen atoms in total. The smallest absolute Gasteiger partial charge is 0.246 e. The van der Waals surface area contributed by atoms with Gasteiger partial charge in [-0.05, 0) is 51.7 Å². The van der Waals surface area contributed by atoms with Crippen LogP contribution in [0.2, 0.25) is 0 Å². The Kier molecular flexibility index (Phi) is 7.30. The summed E-state index contributed by atoms with van der Waals surface area (Å²) in [6.07, 6.45) is 7.37. The molecule has 19 heavy (non-hydrogen) atoms. The van der Waals surface area contributed by atoms with Crippen molar-refractivity contribution in [2.45, 2.75) is 32.1 Å². The van der Waals surface area contributed by atoms with Crippen molar-refractivity contribution in [2.75, 3.05) is 31.1 Å². The first-order valence-corrected chi connectivity index (χ1v) is 10.7. The summed E-state index contributed by atoms with van der Waals surface area (Å²) in [7, 11) is -1.78. The Bertz CT molecular complexity index is 405. The summed E-state index contributed by atoms with van der Waals surface area (Å²) in [6, 6.07) is 0. The van der Waals surface area contributed by atoms with Crippen LogP contribution in [0.15, 0.2) is 12.2 Å². The number of rotatable bonds is 7. The molecule has 0 aromatic carbocycles. The van der Waals surface area contributed by atoms with E-state index in [-0.39, 0.29) is 10.8 Å². The van der Waals surface area contributed by atoms with Gasteiger partial charge in [-0.2, -0.15) is 0 Å². The third-order valence-electron chi connectivity index (χ3n) is 3.20. The number of hydrogen-bond acceptors (Lipinski definition) is 2. The molecule has 0 saturated heterocycles. The molecule has 0 heterocycles. The van der Waals surface area contributed by atoms with Gasteiger partial charge in [0.25, 0.3) is 0 Å². The van der Waals surface area contributed by atoms with Gasteiger partial charge >= 0.3 is 0 Å². The maximum Gasteiger partial charge on any atom is 0.246 e. The first-order valence-electron chi connectivity index (χ1n) is 6.31. The Morgan fingerprint density at radius 1 is 1.47 bits per heavy atom. The number of carbonyl (C=O) groups is 1. The Morgan fingerprint density at radius 3 is 2.42 bits per heavy atom. The summed E-state index contributed by atoms with van der Waals surface area (Å²) < 4.78 is 5.90. The van der Waals surface area contributed by atoms with Gasteiger partial charge in [-0.3, -0.25) is 4.79 Å². The van der Waals surface area contributed by atoms with Gasteiger partial charge in [0, 0.05) is 12.1 Å². The van der Waals surface area contributed by atoms with E-state index >= 15 is 0 Å². The van der Waals surface area contributed by atoms with E-state index < -0.39 is 20.6 Å². The van der Waals surface area contributed by atoms with Crippen molar-refractivity contribution in [3.8, 4) is 5.69 Å². The van der Waals surface area contributed by atoms with Crippen molar-refractivity contribution in [3.63, 3.8) is 0 Å². The van der Waals surface area contributed by atoms with E-state index in [4.69, 9.17) is 9.87 Å². The van der Waals surface area contributed by atoms with Crippen molar-refractivity contribution in [3.05, 3.63) is 12.2 Å². The normalized spacial score (nSPS) is 14.8. The van der Waals surface area contributed by atoms with Crippen molar-refractivity contribution < 1.29 is 8.98 Å². The molecule has 1 amide bonds. The van der Waals surface area contributed by atoms with Crippen molar-refractivity contribution in [2.24, 2.45) is 0 Å². The molecule has 0 aromatic rings. The van der Waals surface area contributed by atoms with E-state index in [0.29, 0.717) is 12.1 Å². The lowest BCUT2D eigenvalue weighted by atomic mass is 10.3. The van der Waals surface area contributed by atoms with Crippen LogP contribution >= 0.6 is 20.6 Å². The van der Waals surface area contributed by atoms with E-state index in [1.807, 2.05) is 6.26 Å². The van der Waals surface area contributed by atoms with Gasteiger partial charge in [0.05, 0.1) is 0 Å². The Morgan fingerprint density at radius 2 is 2.00 bits per heavy atom. The molecule has 114 valence electrons. The average molecular weight is 308 g/mol. The SMILES string of the molecule is C#[SH](C)OC(C)(C)S(C)(C)CCCNC(=O)C(=C)C. The van der Waals surface area contributed by atoms with Crippen LogP contribution < -0.4 is 5.32 Å². The Hall–Kier alpha value is -0.350. The second-order valence-electron chi connectivity index (χ2n) is 5.67. The summed E-state index contributed by atoms with van der Waals surface area (Å²) in [5, 5.41) is 2.86. The van der Waals surface area contributed by atoms with Crippen LogP contribution in [0.25, 0.3) is 0 Å². The predicted octanol–water partition coefficient (Wildman–Crippen LogP) is 3.02. The Balaban J connectivity index is 4.28. The van der Waals surface area contributed by atoms with Crippen LogP contribution in [0, 0.1) is 5.69 Å². The quantitative estimate of drug-likeness (QED) is 0.431. The Labute approximate surface area is 122 Å². The molecular formula is C14H29NO2S2. The van der Waals surface area contributed by atoms with Crippen molar-refractivity contribution in [1.82, 2.24) is 5.32 Å². The lowest BCUT2D eigenvalue weighted by Gasteiger charge is -2.46. The minimum atomic E-state index is -0.933. The maximum absolute atomic E-state index is 11.4. The molecule has 0 spiro atoms. The van der Waals surface area contributed by atoms with Crippen molar-refractivity contribution in [1.29, 1.82) is 0 Å². The first kappa shape index (κ1) is 18.7. The van der Waals surface area contributed by atoms with Gasteiger partial charge in [-0.15, -0.1) is 5.69 Å². The minimum absolute atomic E-state index is 0.0673. The second-order valence-corrected chi connectivity index (χ2v) is 11.4. The van der Waals surface area contributed by atoms with E-state index in [9.17, 15) is 4.79 Å². The number of hydrogen-bond donors (Lipinski definition) is 2. The van der Waals surface area contributed by atoms with Gasteiger partial charge in [-0.1, -0.05) is 17.2 Å². The highest BCUT2D eigenvalue weighted by atomic mass is 32.3. The average Bonchev–Trinajstić information content (AvgIpc) is 2.21. The topological polar surface area (TPSA) is 38.3 Å². The number of nitrogens with one attached hydrogen (secondary N) is 1. The van der Waals surface area contributed by atoms with Gasteiger partial charge < -0.3 is 9.50 Å². The molecule has 0 bridgehead atoms. The zero-order valence-electron chi connectivity index (χ0n) is 13.1. The van der Waals surface area contributed by atoms with Crippen LogP contribution in [0.1, 0.15) is 27.2 Å². The highest BCUT2D eigenvalue weighted by Gasteiger charge is 2.33. The van der Waals surface area contributed by atoms with E-state index in [0.717, 1.165) is 12.2 Å². The largest absolute Gasteiger partial charge is 0.352 e. The van der Waals surface area contributed by atoms with Crippen LogP contribution in [0.3, 0.4) is 0 Å². The molecule has 0 saturated carbocycles. The highest BCUT2D eigenvalue weighted by Crippen LogP contribution is 2.55. The zero-order chi connectivity index (χ0) is 15.3. The summed E-state index contributed by atoms with van der Waals surface area (Å²) in [4.78, 5) is 11.2. The zero-order valence-corrected chi connectivity index (χ0v) is 14.8. The molecule has 0 fully saturated rings. The molecule has 0 rings (SSSR count). The number of amides is 1. The molecule has 0 radical (unpaired) electrons. The van der Waals surface area contributed by atoms with Crippen LogP contribution in [0.5, 0.6) is 0 Å². The van der Waals surface area contributed by atoms with Crippen LogP contribution in [-0.4, -0.2) is 41.9 Å². The molecule has 1 N–H and O–H groups in total. The van der Waals surface area contributed by atoms with Crippen LogP contribution in [0.4, 0.5) is 0 Å². The fourth-order valence-electron chi connectivity index (χ4n) is 1.48. The van der Waals surface area contributed by atoms with E-state index in [1.54, 1.807) is 6.92 Å². The first-order chi connectivity index (χ1) is 8.49. The maximum atomic E-state index is 11.4. The summed E-state index contributed by atoms with van der Waals surface area (Å²) >= 11 is 0. The van der Waals surface area contributed by atoms with Crippen LogP contribution in [-0.2, 0) is 8.98 Å². The standard InChI is InChI=1S/C14H29NO2S2/c1-12(2)13(16)15-10-9-11-19(7,8)14(3,4)17-18(5)6/h5,18H,1,9-11H2,2-4,6-8H3,(H,15,16). The molecule has 1 atom stereocenters. The lowest BCUT2D eigenvalue weighted by molar-refractivity contribution is -0.117. The molecule has 0 aliphatic heterocycles. The van der Waals surface area contributed by atoms with E-state index in [2.05, 4.69) is 38.3 Å². The molecule has 0 aliphatic carbocycles. The lowest BCUT2D eigenvalue weighted by Crippen LogP contribution is -2.32. The van der Waals surface area contributed by atoms with Gasteiger partial charge in [0.15, 0.2) is 0 Å². The third-order valence-corrected chi connectivity index (χ3v) is 8.12. The minimum Gasteiger partial charge on any atom is -0.352 e. The highest BCUT2D eigenvalue weighted by molar-refractivity contribution is 8.33. The summed E-state index contributed by atoms with van der Waals surface area (Å²) in [5.74, 6) is 0.974. The van der Waals surface area contributed by atoms with Crippen molar-refractivity contribution >= 4 is 26.5 Å². The molecule has 0 aliphatic rings. The van der Waals surface area contributed by atoms with E-state index in [1.165, 1.54) is 0 Å². The number of carbonyl (C=O) groups excluding carboxylic acids is 1. The molecule has 0 aromatic heterocycles.